The highest BCUT2D eigenvalue weighted by atomic mass is 16.5. The van der Waals surface area contributed by atoms with Crippen LogP contribution in [0.2, 0.25) is 0 Å². The average Bonchev–Trinajstić information content (AvgIpc) is 2.80. The molecule has 0 bridgehead atoms. The summed E-state index contributed by atoms with van der Waals surface area (Å²) >= 11 is 0. The van der Waals surface area contributed by atoms with E-state index in [4.69, 9.17) is 15.6 Å². The van der Waals surface area contributed by atoms with E-state index in [1.165, 1.54) is 18.6 Å². The molecule has 1 aliphatic rings. The number of anilines is 1. The monoisotopic (exact) mass is 278 g/mol. The number of fused-ring (bicyclic) bond motifs is 1. The van der Waals surface area contributed by atoms with E-state index in [1.54, 1.807) is 4.57 Å². The van der Waals surface area contributed by atoms with Crippen LogP contribution in [-0.2, 0) is 4.74 Å². The molecule has 1 aliphatic heterocycles. The van der Waals surface area contributed by atoms with E-state index >= 15 is 0 Å². The van der Waals surface area contributed by atoms with Gasteiger partial charge in [0.2, 0.25) is 0 Å². The van der Waals surface area contributed by atoms with Crippen LogP contribution in [0.25, 0.3) is 11.0 Å². The molecule has 0 aliphatic carbocycles. The maximum Gasteiger partial charge on any atom is 0.194 e. The van der Waals surface area contributed by atoms with E-state index in [1.807, 2.05) is 0 Å². The van der Waals surface area contributed by atoms with Crippen LogP contribution in [0, 0.1) is 0 Å². The fourth-order valence-electron chi connectivity index (χ4n) is 2.41. The Kier molecular flexibility index (Phi) is 3.13. The number of aliphatic hydroxyl groups is 2. The molecule has 1 saturated heterocycles. The molecule has 1 fully saturated rings. The highest BCUT2D eigenvalue weighted by molar-refractivity contribution is 5.84. The Labute approximate surface area is 113 Å². The summed E-state index contributed by atoms with van der Waals surface area (Å²) in [6, 6.07) is 1.35. The summed E-state index contributed by atoms with van der Waals surface area (Å²) in [6.45, 7) is -0.271. The van der Waals surface area contributed by atoms with Crippen LogP contribution in [0.1, 0.15) is 12.6 Å². The molecule has 0 saturated carbocycles. The van der Waals surface area contributed by atoms with Crippen molar-refractivity contribution < 1.29 is 14.9 Å². The number of pyridine rings is 1. The lowest BCUT2D eigenvalue weighted by molar-refractivity contribution is -0.0432. The number of nitrogen functional groups attached to an aromatic ring is 1. The van der Waals surface area contributed by atoms with Gasteiger partial charge in [0, 0.05) is 18.7 Å². The minimum Gasteiger partial charge on any atom is -0.394 e. The minimum atomic E-state index is -0.765. The van der Waals surface area contributed by atoms with Crippen molar-refractivity contribution >= 4 is 16.9 Å². The van der Waals surface area contributed by atoms with Crippen LogP contribution in [0.15, 0.2) is 23.4 Å². The Morgan fingerprint density at radius 2 is 2.30 bits per heavy atom. The quantitative estimate of drug-likeness (QED) is 0.644. The summed E-state index contributed by atoms with van der Waals surface area (Å²) in [4.78, 5) is 19.7. The summed E-state index contributed by atoms with van der Waals surface area (Å²) in [5.74, 6) is 0.103. The maximum absolute atomic E-state index is 11.8. The Hall–Kier alpha value is -2.03. The zero-order valence-electron chi connectivity index (χ0n) is 10.5. The third-order valence-electron chi connectivity index (χ3n) is 3.43. The number of nitrogens with zero attached hydrogens (tertiary/aromatic N) is 3. The normalized spacial score (nSPS) is 26.2. The van der Waals surface area contributed by atoms with Crippen molar-refractivity contribution in [3.63, 3.8) is 0 Å². The first-order valence-corrected chi connectivity index (χ1v) is 6.17. The number of aromatic nitrogens is 3. The van der Waals surface area contributed by atoms with E-state index < -0.39 is 18.4 Å². The van der Waals surface area contributed by atoms with Crippen LogP contribution >= 0.6 is 0 Å². The molecule has 2 unspecified atom stereocenters. The van der Waals surface area contributed by atoms with Gasteiger partial charge in [-0.15, -0.1) is 0 Å². The van der Waals surface area contributed by atoms with Crippen LogP contribution < -0.4 is 11.2 Å². The van der Waals surface area contributed by atoms with Crippen molar-refractivity contribution in [2.75, 3.05) is 12.3 Å². The smallest absolute Gasteiger partial charge is 0.194 e. The Balaban J connectivity index is 2.12. The fraction of sp³-hybridized carbons (Fsp3) is 0.417. The second-order valence-electron chi connectivity index (χ2n) is 4.66. The second-order valence-corrected chi connectivity index (χ2v) is 4.66. The Bertz CT molecular complexity index is 701. The number of nitrogens with two attached hydrogens (primary N) is 1. The average molecular weight is 278 g/mol. The molecule has 0 spiro atoms. The zero-order valence-corrected chi connectivity index (χ0v) is 10.5. The van der Waals surface area contributed by atoms with Gasteiger partial charge in [-0.2, -0.15) is 0 Å². The van der Waals surface area contributed by atoms with Gasteiger partial charge in [0.05, 0.1) is 12.7 Å². The standard InChI is InChI=1S/C12H14N4O4/c13-11-10-6(18)1-2-16(12(10)15-5-14-11)9-3-7(19)8(4-17)20-9/h1-2,5,7-9,17,19H,3-4H2,(H2,13,14,15)/t7-,8?,9?/m1/s1. The van der Waals surface area contributed by atoms with Crippen molar-refractivity contribution in [2.24, 2.45) is 0 Å². The highest BCUT2D eigenvalue weighted by Gasteiger charge is 2.34. The first-order chi connectivity index (χ1) is 9.61. The highest BCUT2D eigenvalue weighted by Crippen LogP contribution is 2.30. The van der Waals surface area contributed by atoms with Gasteiger partial charge in [-0.05, 0) is 0 Å². The van der Waals surface area contributed by atoms with Gasteiger partial charge in [-0.1, -0.05) is 0 Å². The first kappa shape index (κ1) is 13.0. The van der Waals surface area contributed by atoms with E-state index in [9.17, 15) is 9.90 Å². The maximum atomic E-state index is 11.8. The Morgan fingerprint density at radius 3 is 3.00 bits per heavy atom. The lowest BCUT2D eigenvalue weighted by Crippen LogP contribution is -2.24. The van der Waals surface area contributed by atoms with Crippen LogP contribution in [0.3, 0.4) is 0 Å². The van der Waals surface area contributed by atoms with Gasteiger partial charge in [0.25, 0.3) is 0 Å². The lowest BCUT2D eigenvalue weighted by Gasteiger charge is -2.17. The topological polar surface area (TPSA) is 123 Å². The van der Waals surface area contributed by atoms with Crippen molar-refractivity contribution in [1.29, 1.82) is 0 Å². The number of hydrogen-bond acceptors (Lipinski definition) is 7. The van der Waals surface area contributed by atoms with Crippen LogP contribution in [0.5, 0.6) is 0 Å². The minimum absolute atomic E-state index is 0.103. The van der Waals surface area contributed by atoms with E-state index in [2.05, 4.69) is 9.97 Å². The summed E-state index contributed by atoms with van der Waals surface area (Å²) in [7, 11) is 0. The third-order valence-corrected chi connectivity index (χ3v) is 3.43. The van der Waals surface area contributed by atoms with Gasteiger partial charge in [-0.3, -0.25) is 4.79 Å². The van der Waals surface area contributed by atoms with E-state index in [0.29, 0.717) is 12.1 Å². The number of aliphatic hydroxyl groups excluding tert-OH is 2. The number of hydrogen-bond donors (Lipinski definition) is 3. The van der Waals surface area contributed by atoms with Crippen molar-refractivity contribution in [3.8, 4) is 0 Å². The fourth-order valence-corrected chi connectivity index (χ4v) is 2.41. The molecule has 3 heterocycles. The molecule has 20 heavy (non-hydrogen) atoms. The largest absolute Gasteiger partial charge is 0.394 e. The molecule has 0 radical (unpaired) electrons. The van der Waals surface area contributed by atoms with Crippen molar-refractivity contribution in [2.45, 2.75) is 24.9 Å². The SMILES string of the molecule is Nc1ncnc2c1c(=O)ccn2C1C[C@@H](O)C(CO)O1. The summed E-state index contributed by atoms with van der Waals surface area (Å²) in [6.07, 6.45) is 1.18. The van der Waals surface area contributed by atoms with Crippen molar-refractivity contribution in [3.05, 3.63) is 28.8 Å². The zero-order chi connectivity index (χ0) is 14.3. The molecule has 4 N–H and O–H groups in total. The molecule has 2 aromatic rings. The van der Waals surface area contributed by atoms with Crippen LogP contribution in [-0.4, -0.2) is 43.6 Å². The number of ether oxygens (including phenoxy) is 1. The van der Waals surface area contributed by atoms with Crippen molar-refractivity contribution in [1.82, 2.24) is 14.5 Å². The van der Waals surface area contributed by atoms with Gasteiger partial charge < -0.3 is 25.3 Å². The van der Waals surface area contributed by atoms with E-state index in [0.717, 1.165) is 0 Å². The van der Waals surface area contributed by atoms with Crippen LogP contribution in [0.4, 0.5) is 5.82 Å². The molecule has 3 rings (SSSR count). The predicted octanol–water partition coefficient (Wildman–Crippen LogP) is -0.986. The number of rotatable bonds is 2. The molecule has 8 heteroatoms. The molecule has 3 atom stereocenters. The van der Waals surface area contributed by atoms with Gasteiger partial charge in [-0.25, -0.2) is 9.97 Å². The molecule has 0 aromatic carbocycles. The van der Waals surface area contributed by atoms with Gasteiger partial charge >= 0.3 is 0 Å². The molecular weight excluding hydrogens is 264 g/mol. The summed E-state index contributed by atoms with van der Waals surface area (Å²) < 4.78 is 7.18. The molecular formula is C12H14N4O4. The summed E-state index contributed by atoms with van der Waals surface area (Å²) in [5, 5.41) is 19.1. The molecule has 106 valence electrons. The predicted molar refractivity (Wildman–Crippen MR) is 69.8 cm³/mol. The molecule has 8 nitrogen and oxygen atoms in total. The van der Waals surface area contributed by atoms with Gasteiger partial charge in [0.15, 0.2) is 11.1 Å². The lowest BCUT2D eigenvalue weighted by atomic mass is 10.2. The summed E-state index contributed by atoms with van der Waals surface area (Å²) in [5.41, 5.74) is 5.79. The molecule has 2 aromatic heterocycles. The third kappa shape index (κ3) is 1.94. The molecule has 0 amide bonds. The second kappa shape index (κ2) is 4.82. The Morgan fingerprint density at radius 1 is 1.50 bits per heavy atom. The van der Waals surface area contributed by atoms with Gasteiger partial charge in [0.1, 0.15) is 29.9 Å². The van der Waals surface area contributed by atoms with E-state index in [-0.39, 0.29) is 23.2 Å². The first-order valence-electron chi connectivity index (χ1n) is 6.17.